The number of ether oxygens (including phenoxy) is 1. The van der Waals surface area contributed by atoms with Crippen LogP contribution >= 0.6 is 0 Å². The van der Waals surface area contributed by atoms with E-state index in [1.54, 1.807) is 14.2 Å². The topological polar surface area (TPSA) is 45.7 Å². The lowest BCUT2D eigenvalue weighted by molar-refractivity contribution is 0.179. The third-order valence-corrected chi connectivity index (χ3v) is 2.74. The minimum absolute atomic E-state index is 0.276. The fourth-order valence-electron chi connectivity index (χ4n) is 1.54. The van der Waals surface area contributed by atoms with E-state index in [-0.39, 0.29) is 6.04 Å². The van der Waals surface area contributed by atoms with E-state index in [2.05, 4.69) is 36.4 Å². The second-order valence-electron chi connectivity index (χ2n) is 4.14. The number of hydrogen-bond donors (Lipinski definition) is 2. The Hall–Kier alpha value is -0.770. The van der Waals surface area contributed by atoms with E-state index in [0.29, 0.717) is 6.61 Å². The molecule has 0 saturated heterocycles. The van der Waals surface area contributed by atoms with E-state index in [1.165, 1.54) is 12.8 Å². The second kappa shape index (κ2) is 9.46. The first-order valence-corrected chi connectivity index (χ1v) is 6.13. The summed E-state index contributed by atoms with van der Waals surface area (Å²) in [6.07, 6.45) is 2.40. The molecule has 0 amide bonds. The summed E-state index contributed by atoms with van der Waals surface area (Å²) >= 11 is 0. The smallest absolute Gasteiger partial charge is 0.191 e. The van der Waals surface area contributed by atoms with Gasteiger partial charge in [0.05, 0.1) is 6.61 Å². The largest absolute Gasteiger partial charge is 0.383 e. The van der Waals surface area contributed by atoms with Gasteiger partial charge in [-0.05, 0) is 12.8 Å². The van der Waals surface area contributed by atoms with Crippen LogP contribution in [0.3, 0.4) is 0 Å². The Morgan fingerprint density at radius 3 is 2.38 bits per heavy atom. The highest BCUT2D eigenvalue weighted by Crippen LogP contribution is 2.04. The summed E-state index contributed by atoms with van der Waals surface area (Å²) in [4.78, 5) is 4.19. The van der Waals surface area contributed by atoms with Gasteiger partial charge in [0.25, 0.3) is 0 Å². The molecule has 0 spiro atoms. The third-order valence-electron chi connectivity index (χ3n) is 2.74. The fraction of sp³-hybridized carbons (Fsp3) is 0.917. The van der Waals surface area contributed by atoms with Gasteiger partial charge in [-0.2, -0.15) is 0 Å². The molecule has 2 N–H and O–H groups in total. The maximum atomic E-state index is 5.07. The number of nitrogens with zero attached hydrogens (tertiary/aromatic N) is 1. The van der Waals surface area contributed by atoms with Gasteiger partial charge in [-0.25, -0.2) is 0 Å². The molecule has 16 heavy (non-hydrogen) atoms. The van der Waals surface area contributed by atoms with Crippen LogP contribution in [0.2, 0.25) is 0 Å². The van der Waals surface area contributed by atoms with Gasteiger partial charge < -0.3 is 15.4 Å². The standard InChI is InChI=1S/C12H27N3O/c1-6-11(7-2)8-14-12(13-4)15-10(3)9-16-5/h10-11H,6-9H2,1-5H3,(H2,13,14,15). The molecule has 0 aromatic carbocycles. The Kier molecular flexibility index (Phi) is 9.00. The van der Waals surface area contributed by atoms with Gasteiger partial charge in [0.1, 0.15) is 0 Å². The van der Waals surface area contributed by atoms with Gasteiger partial charge in [-0.3, -0.25) is 4.99 Å². The van der Waals surface area contributed by atoms with Gasteiger partial charge >= 0.3 is 0 Å². The zero-order chi connectivity index (χ0) is 12.4. The Morgan fingerprint density at radius 2 is 1.94 bits per heavy atom. The molecule has 0 bridgehead atoms. The molecule has 0 fully saturated rings. The Morgan fingerprint density at radius 1 is 1.31 bits per heavy atom. The van der Waals surface area contributed by atoms with Crippen molar-refractivity contribution in [2.45, 2.75) is 39.7 Å². The van der Waals surface area contributed by atoms with Gasteiger partial charge in [0.2, 0.25) is 0 Å². The summed E-state index contributed by atoms with van der Waals surface area (Å²) in [5, 5.41) is 6.63. The first-order valence-electron chi connectivity index (χ1n) is 6.13. The monoisotopic (exact) mass is 229 g/mol. The van der Waals surface area contributed by atoms with Crippen molar-refractivity contribution < 1.29 is 4.74 Å². The minimum Gasteiger partial charge on any atom is -0.383 e. The molecule has 0 rings (SSSR count). The van der Waals surface area contributed by atoms with Crippen LogP contribution in [0.1, 0.15) is 33.6 Å². The highest BCUT2D eigenvalue weighted by molar-refractivity contribution is 5.79. The molecule has 0 aliphatic carbocycles. The number of methoxy groups -OCH3 is 1. The predicted octanol–water partition coefficient (Wildman–Crippen LogP) is 1.62. The maximum Gasteiger partial charge on any atom is 0.191 e. The van der Waals surface area contributed by atoms with Crippen molar-refractivity contribution in [3.05, 3.63) is 0 Å². The van der Waals surface area contributed by atoms with Gasteiger partial charge in [0.15, 0.2) is 5.96 Å². The van der Waals surface area contributed by atoms with Gasteiger partial charge in [0, 0.05) is 26.7 Å². The fourth-order valence-corrected chi connectivity index (χ4v) is 1.54. The molecule has 0 heterocycles. The summed E-state index contributed by atoms with van der Waals surface area (Å²) < 4.78 is 5.07. The van der Waals surface area contributed by atoms with Gasteiger partial charge in [-0.1, -0.05) is 26.7 Å². The van der Waals surface area contributed by atoms with Gasteiger partial charge in [-0.15, -0.1) is 0 Å². The third kappa shape index (κ3) is 6.67. The van der Waals surface area contributed by atoms with E-state index in [1.807, 2.05) is 0 Å². The molecule has 96 valence electrons. The van der Waals surface area contributed by atoms with Crippen LogP contribution < -0.4 is 10.6 Å². The normalized spacial score (nSPS) is 14.0. The molecule has 4 heteroatoms. The molecule has 0 aliphatic rings. The van der Waals surface area contributed by atoms with Crippen molar-refractivity contribution in [2.75, 3.05) is 27.3 Å². The quantitative estimate of drug-likeness (QED) is 0.515. The van der Waals surface area contributed by atoms with E-state index < -0.39 is 0 Å². The maximum absolute atomic E-state index is 5.07. The zero-order valence-electron chi connectivity index (χ0n) is 11.3. The summed E-state index contributed by atoms with van der Waals surface area (Å²) in [7, 11) is 3.50. The van der Waals surface area contributed by atoms with Crippen LogP contribution in [-0.4, -0.2) is 39.3 Å². The number of guanidine groups is 1. The van der Waals surface area contributed by atoms with Crippen LogP contribution in [0.5, 0.6) is 0 Å². The second-order valence-corrected chi connectivity index (χ2v) is 4.14. The summed E-state index contributed by atoms with van der Waals surface area (Å²) in [5.74, 6) is 1.58. The van der Waals surface area contributed by atoms with Crippen LogP contribution in [0.25, 0.3) is 0 Å². The lowest BCUT2D eigenvalue weighted by Crippen LogP contribution is -2.45. The lowest BCUT2D eigenvalue weighted by atomic mass is 10.0. The SMILES string of the molecule is CCC(CC)CNC(=NC)NC(C)COC. The summed E-state index contributed by atoms with van der Waals surface area (Å²) in [6.45, 7) is 8.19. The minimum atomic E-state index is 0.276. The van der Waals surface area contributed by atoms with Crippen molar-refractivity contribution in [1.29, 1.82) is 0 Å². The molecule has 1 unspecified atom stereocenters. The number of rotatable bonds is 7. The van der Waals surface area contributed by atoms with Crippen molar-refractivity contribution in [2.24, 2.45) is 10.9 Å². The Bertz CT molecular complexity index is 191. The van der Waals surface area contributed by atoms with Crippen LogP contribution in [0.4, 0.5) is 0 Å². The van der Waals surface area contributed by atoms with Crippen LogP contribution in [-0.2, 0) is 4.74 Å². The average Bonchev–Trinajstić information content (AvgIpc) is 2.29. The molecule has 0 saturated carbocycles. The number of nitrogens with one attached hydrogen (secondary N) is 2. The molecule has 1 atom stereocenters. The molecule has 0 aliphatic heterocycles. The van der Waals surface area contributed by atoms with Crippen molar-refractivity contribution in [3.8, 4) is 0 Å². The number of aliphatic imine (C=N–C) groups is 1. The predicted molar refractivity (Wildman–Crippen MR) is 69.9 cm³/mol. The van der Waals surface area contributed by atoms with E-state index >= 15 is 0 Å². The Balaban J connectivity index is 3.92. The molecule has 0 aromatic rings. The van der Waals surface area contributed by atoms with Crippen molar-refractivity contribution >= 4 is 5.96 Å². The molecular weight excluding hydrogens is 202 g/mol. The molecule has 0 radical (unpaired) electrons. The van der Waals surface area contributed by atoms with E-state index in [4.69, 9.17) is 4.74 Å². The van der Waals surface area contributed by atoms with Crippen LogP contribution in [0, 0.1) is 5.92 Å². The highest BCUT2D eigenvalue weighted by Gasteiger charge is 2.07. The van der Waals surface area contributed by atoms with Crippen molar-refractivity contribution in [1.82, 2.24) is 10.6 Å². The zero-order valence-corrected chi connectivity index (χ0v) is 11.3. The van der Waals surface area contributed by atoms with Crippen LogP contribution in [0.15, 0.2) is 4.99 Å². The lowest BCUT2D eigenvalue weighted by Gasteiger charge is -2.19. The average molecular weight is 229 g/mol. The van der Waals surface area contributed by atoms with Crippen molar-refractivity contribution in [3.63, 3.8) is 0 Å². The molecule has 0 aromatic heterocycles. The van der Waals surface area contributed by atoms with E-state index in [0.717, 1.165) is 18.4 Å². The summed E-state index contributed by atoms with van der Waals surface area (Å²) in [6, 6.07) is 0.276. The molecule has 4 nitrogen and oxygen atoms in total. The highest BCUT2D eigenvalue weighted by atomic mass is 16.5. The Labute approximate surface area is 99.9 Å². The van der Waals surface area contributed by atoms with E-state index in [9.17, 15) is 0 Å². The molecular formula is C12H27N3O. The summed E-state index contributed by atoms with van der Waals surface area (Å²) in [5.41, 5.74) is 0. The first kappa shape index (κ1) is 15.2. The number of hydrogen-bond acceptors (Lipinski definition) is 2. The first-order chi connectivity index (χ1) is 7.67.